The molecule has 0 heterocycles. The molecule has 2 rings (SSSR count). The van der Waals surface area contributed by atoms with Gasteiger partial charge in [0.25, 0.3) is 0 Å². The number of ether oxygens (including phenoxy) is 1. The van der Waals surface area contributed by atoms with E-state index in [2.05, 4.69) is 5.32 Å². The third kappa shape index (κ3) is 6.32. The number of thioether (sulfide) groups is 1. The van der Waals surface area contributed by atoms with E-state index < -0.39 is 0 Å². The first-order valence-corrected chi connectivity index (χ1v) is 8.44. The Bertz CT molecular complexity index is 631. The molecule has 0 spiro atoms. The van der Waals surface area contributed by atoms with Gasteiger partial charge in [-0.05, 0) is 54.1 Å². The monoisotopic (exact) mass is 333 g/mol. The van der Waals surface area contributed by atoms with Crippen LogP contribution in [0.4, 0.5) is 4.39 Å². The predicted octanol–water partition coefficient (Wildman–Crippen LogP) is 3.68. The average Bonchev–Trinajstić information content (AvgIpc) is 2.56. The lowest BCUT2D eigenvalue weighted by molar-refractivity contribution is -0.120. The fraction of sp³-hybridized carbons (Fsp3) is 0.278. The van der Waals surface area contributed by atoms with Gasteiger partial charge in [0.1, 0.15) is 11.6 Å². The molecule has 5 heteroatoms. The Balaban J connectivity index is 1.63. The number of hydrogen-bond acceptors (Lipinski definition) is 3. The maximum atomic E-state index is 12.8. The van der Waals surface area contributed by atoms with Crippen molar-refractivity contribution in [2.75, 3.05) is 19.4 Å². The van der Waals surface area contributed by atoms with Gasteiger partial charge in [0, 0.05) is 11.4 Å². The standard InChI is InChI=1S/C18H20FNO2S/c1-22-16-5-2-4-14(12-16)13-18(21)20-10-3-11-23-17-8-6-15(19)7-9-17/h2,4-9,12H,3,10-11,13H2,1H3,(H,20,21). The number of rotatable bonds is 8. The molecule has 0 aliphatic carbocycles. The van der Waals surface area contributed by atoms with Crippen LogP contribution in [0.5, 0.6) is 5.75 Å². The smallest absolute Gasteiger partial charge is 0.224 e. The summed E-state index contributed by atoms with van der Waals surface area (Å²) in [5, 5.41) is 2.91. The molecule has 23 heavy (non-hydrogen) atoms. The van der Waals surface area contributed by atoms with Gasteiger partial charge in [-0.15, -0.1) is 11.8 Å². The molecule has 0 unspecified atom stereocenters. The molecule has 3 nitrogen and oxygen atoms in total. The second kappa shape index (κ2) is 9.20. The lowest BCUT2D eigenvalue weighted by Crippen LogP contribution is -2.26. The summed E-state index contributed by atoms with van der Waals surface area (Å²) in [7, 11) is 1.61. The van der Waals surface area contributed by atoms with Gasteiger partial charge in [0.2, 0.25) is 5.91 Å². The van der Waals surface area contributed by atoms with Crippen LogP contribution < -0.4 is 10.1 Å². The van der Waals surface area contributed by atoms with Crippen molar-refractivity contribution in [1.29, 1.82) is 0 Å². The zero-order valence-electron chi connectivity index (χ0n) is 13.0. The van der Waals surface area contributed by atoms with Crippen LogP contribution in [-0.4, -0.2) is 25.3 Å². The molecule has 0 bridgehead atoms. The molecule has 0 saturated carbocycles. The van der Waals surface area contributed by atoms with Crippen molar-refractivity contribution < 1.29 is 13.9 Å². The molecular formula is C18H20FNO2S. The van der Waals surface area contributed by atoms with E-state index in [1.54, 1.807) is 31.0 Å². The van der Waals surface area contributed by atoms with Gasteiger partial charge in [-0.1, -0.05) is 12.1 Å². The number of halogens is 1. The molecule has 1 N–H and O–H groups in total. The van der Waals surface area contributed by atoms with Crippen molar-refractivity contribution in [3.05, 3.63) is 59.9 Å². The lowest BCUT2D eigenvalue weighted by atomic mass is 10.1. The van der Waals surface area contributed by atoms with Crippen molar-refractivity contribution in [3.63, 3.8) is 0 Å². The maximum absolute atomic E-state index is 12.8. The maximum Gasteiger partial charge on any atom is 0.224 e. The van der Waals surface area contributed by atoms with Gasteiger partial charge >= 0.3 is 0 Å². The van der Waals surface area contributed by atoms with Gasteiger partial charge < -0.3 is 10.1 Å². The second-order valence-electron chi connectivity index (χ2n) is 5.03. The molecule has 0 radical (unpaired) electrons. The lowest BCUT2D eigenvalue weighted by Gasteiger charge is -2.07. The Kier molecular flexibility index (Phi) is 6.94. The van der Waals surface area contributed by atoms with E-state index in [-0.39, 0.29) is 11.7 Å². The zero-order valence-corrected chi connectivity index (χ0v) is 13.9. The van der Waals surface area contributed by atoms with Crippen LogP contribution in [0.1, 0.15) is 12.0 Å². The van der Waals surface area contributed by atoms with E-state index in [9.17, 15) is 9.18 Å². The number of amides is 1. The molecule has 2 aromatic rings. The van der Waals surface area contributed by atoms with Crippen molar-refractivity contribution >= 4 is 17.7 Å². The molecule has 0 fully saturated rings. The number of nitrogens with one attached hydrogen (secondary N) is 1. The van der Waals surface area contributed by atoms with Gasteiger partial charge in [0.15, 0.2) is 0 Å². The van der Waals surface area contributed by atoms with Gasteiger partial charge in [-0.3, -0.25) is 4.79 Å². The summed E-state index contributed by atoms with van der Waals surface area (Å²) in [6.07, 6.45) is 1.22. The van der Waals surface area contributed by atoms with Crippen LogP contribution in [0, 0.1) is 5.82 Å². The normalized spacial score (nSPS) is 10.3. The molecule has 0 saturated heterocycles. The summed E-state index contributed by atoms with van der Waals surface area (Å²) in [4.78, 5) is 12.9. The highest BCUT2D eigenvalue weighted by molar-refractivity contribution is 7.99. The van der Waals surface area contributed by atoms with Crippen LogP contribution >= 0.6 is 11.8 Å². The van der Waals surface area contributed by atoms with Crippen molar-refractivity contribution in [3.8, 4) is 5.75 Å². The van der Waals surface area contributed by atoms with E-state index in [0.29, 0.717) is 13.0 Å². The highest BCUT2D eigenvalue weighted by atomic mass is 32.2. The van der Waals surface area contributed by atoms with Crippen molar-refractivity contribution in [2.45, 2.75) is 17.7 Å². The van der Waals surface area contributed by atoms with E-state index in [1.165, 1.54) is 12.1 Å². The zero-order chi connectivity index (χ0) is 16.5. The summed E-state index contributed by atoms with van der Waals surface area (Å²) in [5.74, 6) is 1.42. The Morgan fingerprint density at radius 3 is 2.74 bits per heavy atom. The third-order valence-electron chi connectivity index (χ3n) is 3.22. The Labute approximate surface area is 140 Å². The fourth-order valence-corrected chi connectivity index (χ4v) is 2.90. The minimum Gasteiger partial charge on any atom is -0.497 e. The molecule has 122 valence electrons. The summed E-state index contributed by atoms with van der Waals surface area (Å²) in [6.45, 7) is 0.636. The average molecular weight is 333 g/mol. The van der Waals surface area contributed by atoms with Crippen LogP contribution in [0.3, 0.4) is 0 Å². The van der Waals surface area contributed by atoms with Crippen LogP contribution in [-0.2, 0) is 11.2 Å². The van der Waals surface area contributed by atoms with E-state index in [0.717, 1.165) is 28.4 Å². The third-order valence-corrected chi connectivity index (χ3v) is 4.32. The SMILES string of the molecule is COc1cccc(CC(=O)NCCCSc2ccc(F)cc2)c1. The van der Waals surface area contributed by atoms with Crippen LogP contribution in [0.15, 0.2) is 53.4 Å². The molecule has 1 amide bonds. The van der Waals surface area contributed by atoms with Gasteiger partial charge in [-0.25, -0.2) is 4.39 Å². The first-order valence-electron chi connectivity index (χ1n) is 7.45. The fourth-order valence-electron chi connectivity index (χ4n) is 2.05. The highest BCUT2D eigenvalue weighted by Crippen LogP contribution is 2.18. The quantitative estimate of drug-likeness (QED) is 0.592. The largest absolute Gasteiger partial charge is 0.497 e. The number of carbonyl (C=O) groups excluding carboxylic acids is 1. The van der Waals surface area contributed by atoms with E-state index in [1.807, 2.05) is 24.3 Å². The summed E-state index contributed by atoms with van der Waals surface area (Å²) >= 11 is 1.66. The van der Waals surface area contributed by atoms with Gasteiger partial charge in [0.05, 0.1) is 13.5 Å². The van der Waals surface area contributed by atoms with E-state index in [4.69, 9.17) is 4.74 Å². The Hall–Kier alpha value is -2.01. The number of benzene rings is 2. The first kappa shape index (κ1) is 17.3. The molecule has 0 aliphatic rings. The van der Waals surface area contributed by atoms with E-state index >= 15 is 0 Å². The van der Waals surface area contributed by atoms with Crippen LogP contribution in [0.25, 0.3) is 0 Å². The topological polar surface area (TPSA) is 38.3 Å². The molecule has 0 atom stereocenters. The Morgan fingerprint density at radius 2 is 2.00 bits per heavy atom. The predicted molar refractivity (Wildman–Crippen MR) is 91.4 cm³/mol. The Morgan fingerprint density at radius 1 is 1.22 bits per heavy atom. The molecule has 0 aromatic heterocycles. The summed E-state index contributed by atoms with van der Waals surface area (Å²) in [6, 6.07) is 13.9. The van der Waals surface area contributed by atoms with Crippen LogP contribution in [0.2, 0.25) is 0 Å². The number of hydrogen-bond donors (Lipinski definition) is 1. The highest BCUT2D eigenvalue weighted by Gasteiger charge is 2.04. The summed E-state index contributed by atoms with van der Waals surface area (Å²) < 4.78 is 17.9. The molecular weight excluding hydrogens is 313 g/mol. The van der Waals surface area contributed by atoms with Gasteiger partial charge in [-0.2, -0.15) is 0 Å². The number of carbonyl (C=O) groups is 1. The molecule has 0 aliphatic heterocycles. The minimum absolute atomic E-state index is 0.00466. The van der Waals surface area contributed by atoms with Crippen molar-refractivity contribution in [2.24, 2.45) is 0 Å². The number of methoxy groups -OCH3 is 1. The minimum atomic E-state index is -0.223. The summed E-state index contributed by atoms with van der Waals surface area (Å²) in [5.41, 5.74) is 0.933. The first-order chi connectivity index (χ1) is 11.2. The van der Waals surface area contributed by atoms with Crippen molar-refractivity contribution in [1.82, 2.24) is 5.32 Å². The second-order valence-corrected chi connectivity index (χ2v) is 6.20. The molecule has 2 aromatic carbocycles.